The number of fused-ring (bicyclic) bond motifs is 1. The largest absolute Gasteiger partial charge is 0.320 e. The molecule has 0 N–H and O–H groups in total. The number of rotatable bonds is 2. The molecule has 1 aromatic heterocycles. The standard InChI is InChI=1S/C15H14N2S/c1-17-13-9-5-6-10-14(13)18-15(17)16-11-12-7-3-2-4-8-12/h2-10H,11H2,1H3. The van der Waals surface area contributed by atoms with Gasteiger partial charge in [-0.15, -0.1) is 0 Å². The Kier molecular flexibility index (Phi) is 2.99. The van der Waals surface area contributed by atoms with Crippen molar-refractivity contribution in [3.63, 3.8) is 0 Å². The minimum Gasteiger partial charge on any atom is -0.320 e. The number of hydrogen-bond acceptors (Lipinski definition) is 2. The normalized spacial score (nSPS) is 12.2. The lowest BCUT2D eigenvalue weighted by molar-refractivity contribution is 0.867. The molecule has 0 saturated carbocycles. The highest BCUT2D eigenvalue weighted by molar-refractivity contribution is 7.16. The van der Waals surface area contributed by atoms with E-state index >= 15 is 0 Å². The fourth-order valence-electron chi connectivity index (χ4n) is 1.97. The minimum atomic E-state index is 0.738. The Labute approximate surface area is 110 Å². The molecule has 0 radical (unpaired) electrons. The van der Waals surface area contributed by atoms with Gasteiger partial charge < -0.3 is 4.57 Å². The second kappa shape index (κ2) is 4.78. The van der Waals surface area contributed by atoms with Gasteiger partial charge in [0.05, 0.1) is 16.8 Å². The molecule has 0 aliphatic heterocycles. The van der Waals surface area contributed by atoms with Crippen molar-refractivity contribution < 1.29 is 0 Å². The van der Waals surface area contributed by atoms with Gasteiger partial charge in [-0.05, 0) is 17.7 Å². The molecule has 0 saturated heterocycles. The summed E-state index contributed by atoms with van der Waals surface area (Å²) in [6, 6.07) is 18.8. The summed E-state index contributed by atoms with van der Waals surface area (Å²) >= 11 is 1.74. The zero-order chi connectivity index (χ0) is 12.4. The second-order valence-electron chi connectivity index (χ2n) is 4.21. The third-order valence-corrected chi connectivity index (χ3v) is 4.11. The summed E-state index contributed by atoms with van der Waals surface area (Å²) in [4.78, 5) is 5.76. The van der Waals surface area contributed by atoms with Crippen LogP contribution in [0.5, 0.6) is 0 Å². The van der Waals surface area contributed by atoms with Crippen LogP contribution in [0.4, 0.5) is 0 Å². The average molecular weight is 254 g/mol. The molecule has 90 valence electrons. The van der Waals surface area contributed by atoms with Crippen molar-refractivity contribution in [3.8, 4) is 0 Å². The molecule has 2 aromatic carbocycles. The Morgan fingerprint density at radius 3 is 2.50 bits per heavy atom. The number of aryl methyl sites for hydroxylation is 1. The summed E-state index contributed by atoms with van der Waals surface area (Å²) in [5.74, 6) is 0. The van der Waals surface area contributed by atoms with Gasteiger partial charge in [0.25, 0.3) is 0 Å². The lowest BCUT2D eigenvalue weighted by Crippen LogP contribution is -2.10. The van der Waals surface area contributed by atoms with Gasteiger partial charge in [0, 0.05) is 7.05 Å². The molecule has 18 heavy (non-hydrogen) atoms. The van der Waals surface area contributed by atoms with Crippen LogP contribution in [-0.4, -0.2) is 4.57 Å². The molecule has 0 spiro atoms. The molecule has 0 unspecified atom stereocenters. The van der Waals surface area contributed by atoms with Crippen molar-refractivity contribution in [3.05, 3.63) is 65.0 Å². The van der Waals surface area contributed by atoms with Crippen LogP contribution >= 0.6 is 11.3 Å². The van der Waals surface area contributed by atoms with E-state index in [0.717, 1.165) is 11.3 Å². The minimum absolute atomic E-state index is 0.738. The first-order valence-corrected chi connectivity index (χ1v) is 6.75. The third kappa shape index (κ3) is 2.09. The molecule has 3 heteroatoms. The van der Waals surface area contributed by atoms with E-state index in [9.17, 15) is 0 Å². The Morgan fingerprint density at radius 2 is 1.72 bits per heavy atom. The molecule has 0 fully saturated rings. The summed E-state index contributed by atoms with van der Waals surface area (Å²) in [5.41, 5.74) is 2.49. The number of benzene rings is 2. The summed E-state index contributed by atoms with van der Waals surface area (Å²) in [6.45, 7) is 0.738. The maximum atomic E-state index is 4.69. The molecule has 0 aliphatic rings. The smallest absolute Gasteiger partial charge is 0.185 e. The number of hydrogen-bond donors (Lipinski definition) is 0. The highest BCUT2D eigenvalue weighted by atomic mass is 32.1. The molecule has 0 amide bonds. The first-order valence-electron chi connectivity index (χ1n) is 5.93. The second-order valence-corrected chi connectivity index (χ2v) is 5.22. The number of aromatic nitrogens is 1. The first kappa shape index (κ1) is 11.2. The van der Waals surface area contributed by atoms with Gasteiger partial charge >= 0.3 is 0 Å². The van der Waals surface area contributed by atoms with Crippen molar-refractivity contribution in [2.24, 2.45) is 12.0 Å². The Bertz CT molecular complexity index is 723. The van der Waals surface area contributed by atoms with Crippen LogP contribution < -0.4 is 4.80 Å². The fraction of sp³-hybridized carbons (Fsp3) is 0.133. The topological polar surface area (TPSA) is 17.3 Å². The maximum absolute atomic E-state index is 4.69. The zero-order valence-corrected chi connectivity index (χ0v) is 11.0. The van der Waals surface area contributed by atoms with E-state index in [0.29, 0.717) is 0 Å². The fourth-order valence-corrected chi connectivity index (χ4v) is 2.99. The van der Waals surface area contributed by atoms with Gasteiger partial charge in [-0.3, -0.25) is 4.99 Å². The quantitative estimate of drug-likeness (QED) is 0.667. The molecular weight excluding hydrogens is 240 g/mol. The number of para-hydroxylation sites is 1. The van der Waals surface area contributed by atoms with E-state index < -0.39 is 0 Å². The summed E-state index contributed by atoms with van der Waals surface area (Å²) in [6.07, 6.45) is 0. The van der Waals surface area contributed by atoms with E-state index in [1.165, 1.54) is 15.8 Å². The van der Waals surface area contributed by atoms with Gasteiger partial charge in [-0.25, -0.2) is 0 Å². The van der Waals surface area contributed by atoms with Crippen molar-refractivity contribution in [1.82, 2.24) is 4.57 Å². The molecule has 0 aliphatic carbocycles. The molecule has 3 aromatic rings. The lowest BCUT2D eigenvalue weighted by Gasteiger charge is -1.96. The van der Waals surface area contributed by atoms with Gasteiger partial charge in [0.2, 0.25) is 0 Å². The monoisotopic (exact) mass is 254 g/mol. The Balaban J connectivity index is 2.02. The molecule has 0 atom stereocenters. The van der Waals surface area contributed by atoms with Gasteiger partial charge in [0.1, 0.15) is 0 Å². The van der Waals surface area contributed by atoms with Crippen LogP contribution in [0.15, 0.2) is 59.6 Å². The van der Waals surface area contributed by atoms with Crippen LogP contribution in [0.1, 0.15) is 5.56 Å². The van der Waals surface area contributed by atoms with E-state index in [1.807, 2.05) is 6.07 Å². The summed E-state index contributed by atoms with van der Waals surface area (Å²) in [5, 5.41) is 0. The highest BCUT2D eigenvalue weighted by Crippen LogP contribution is 2.15. The zero-order valence-electron chi connectivity index (χ0n) is 10.2. The van der Waals surface area contributed by atoms with Crippen LogP contribution in [-0.2, 0) is 13.6 Å². The SMILES string of the molecule is Cn1c(=NCc2ccccc2)sc2ccccc21. The van der Waals surface area contributed by atoms with E-state index in [2.05, 4.69) is 60.1 Å². The van der Waals surface area contributed by atoms with Crippen molar-refractivity contribution in [2.45, 2.75) is 6.54 Å². The van der Waals surface area contributed by atoms with Gasteiger partial charge in [0.15, 0.2) is 4.80 Å². The van der Waals surface area contributed by atoms with Crippen LogP contribution in [0.3, 0.4) is 0 Å². The van der Waals surface area contributed by atoms with E-state index in [4.69, 9.17) is 4.99 Å². The van der Waals surface area contributed by atoms with Crippen LogP contribution in [0.2, 0.25) is 0 Å². The molecular formula is C15H14N2S. The third-order valence-electron chi connectivity index (χ3n) is 2.95. The lowest BCUT2D eigenvalue weighted by atomic mass is 10.2. The molecule has 1 heterocycles. The molecule has 0 bridgehead atoms. The van der Waals surface area contributed by atoms with Crippen molar-refractivity contribution in [2.75, 3.05) is 0 Å². The van der Waals surface area contributed by atoms with Gasteiger partial charge in [-0.1, -0.05) is 53.8 Å². The van der Waals surface area contributed by atoms with Crippen LogP contribution in [0.25, 0.3) is 10.2 Å². The highest BCUT2D eigenvalue weighted by Gasteiger charge is 2.00. The van der Waals surface area contributed by atoms with Crippen LogP contribution in [0, 0.1) is 0 Å². The predicted octanol–water partition coefficient (Wildman–Crippen LogP) is 3.34. The Morgan fingerprint density at radius 1 is 1.00 bits per heavy atom. The summed E-state index contributed by atoms with van der Waals surface area (Å²) < 4.78 is 3.44. The number of nitrogens with zero attached hydrogens (tertiary/aromatic N) is 2. The average Bonchev–Trinajstić information content (AvgIpc) is 2.75. The Hall–Kier alpha value is -1.87. The van der Waals surface area contributed by atoms with E-state index in [-0.39, 0.29) is 0 Å². The molecule has 3 rings (SSSR count). The van der Waals surface area contributed by atoms with E-state index in [1.54, 1.807) is 11.3 Å². The maximum Gasteiger partial charge on any atom is 0.185 e. The van der Waals surface area contributed by atoms with Gasteiger partial charge in [-0.2, -0.15) is 0 Å². The van der Waals surface area contributed by atoms with Crippen molar-refractivity contribution in [1.29, 1.82) is 0 Å². The molecule has 2 nitrogen and oxygen atoms in total. The first-order chi connectivity index (χ1) is 8.84. The van der Waals surface area contributed by atoms with Crippen molar-refractivity contribution >= 4 is 21.6 Å². The predicted molar refractivity (Wildman–Crippen MR) is 76.5 cm³/mol. The summed E-state index contributed by atoms with van der Waals surface area (Å²) in [7, 11) is 2.07. The number of thiazole rings is 1.